The summed E-state index contributed by atoms with van der Waals surface area (Å²) in [6, 6.07) is 14.0. The molecule has 1 aliphatic heterocycles. The van der Waals surface area contributed by atoms with Gasteiger partial charge in [0.15, 0.2) is 0 Å². The van der Waals surface area contributed by atoms with Gasteiger partial charge in [0.2, 0.25) is 10.0 Å². The predicted octanol–water partition coefficient (Wildman–Crippen LogP) is 3.61. The Balaban J connectivity index is 1.68. The van der Waals surface area contributed by atoms with E-state index in [0.29, 0.717) is 24.6 Å². The van der Waals surface area contributed by atoms with Crippen LogP contribution in [0.15, 0.2) is 53.4 Å². The summed E-state index contributed by atoms with van der Waals surface area (Å²) >= 11 is 6.05. The molecule has 1 saturated heterocycles. The van der Waals surface area contributed by atoms with E-state index < -0.39 is 10.0 Å². The molecule has 144 valence electrons. The van der Waals surface area contributed by atoms with E-state index in [0.717, 1.165) is 0 Å². The highest BCUT2D eigenvalue weighted by Gasteiger charge is 2.31. The number of nitrogens with zero attached hydrogens (tertiary/aromatic N) is 2. The summed E-state index contributed by atoms with van der Waals surface area (Å²) in [6.07, 6.45) is 0. The van der Waals surface area contributed by atoms with Crippen molar-refractivity contribution in [3.63, 3.8) is 0 Å². The molecule has 0 aromatic heterocycles. The molecule has 0 spiro atoms. The highest BCUT2D eigenvalue weighted by molar-refractivity contribution is 7.89. The quantitative estimate of drug-likeness (QED) is 0.779. The Bertz CT molecular complexity index is 918. The number of piperazine rings is 1. The standard InChI is InChI=1S/C20H23ClN2O3S/c1-15(2)16-7-9-17(10-8-16)20(24)22-11-13-23(14-12-22)27(25,26)19-6-4-3-5-18(19)21/h3-10,15H,11-14H2,1-2H3. The maximum absolute atomic E-state index is 12.8. The van der Waals surface area contributed by atoms with Crippen LogP contribution in [0.3, 0.4) is 0 Å². The molecule has 0 atom stereocenters. The largest absolute Gasteiger partial charge is 0.336 e. The zero-order chi connectivity index (χ0) is 19.6. The lowest BCUT2D eigenvalue weighted by molar-refractivity contribution is 0.0698. The van der Waals surface area contributed by atoms with Crippen molar-refractivity contribution in [3.05, 3.63) is 64.7 Å². The number of hydrogen-bond acceptors (Lipinski definition) is 3. The molecule has 3 rings (SSSR count). The Morgan fingerprint density at radius 3 is 2.11 bits per heavy atom. The van der Waals surface area contributed by atoms with Gasteiger partial charge in [-0.25, -0.2) is 8.42 Å². The molecule has 7 heteroatoms. The molecule has 0 radical (unpaired) electrons. The van der Waals surface area contributed by atoms with E-state index in [-0.39, 0.29) is 28.9 Å². The van der Waals surface area contributed by atoms with E-state index in [2.05, 4.69) is 13.8 Å². The topological polar surface area (TPSA) is 57.7 Å². The van der Waals surface area contributed by atoms with Crippen LogP contribution in [0.4, 0.5) is 0 Å². The van der Waals surface area contributed by atoms with Gasteiger partial charge in [-0.1, -0.05) is 49.7 Å². The number of halogens is 1. The van der Waals surface area contributed by atoms with Crippen molar-refractivity contribution >= 4 is 27.5 Å². The molecule has 0 unspecified atom stereocenters. The smallest absolute Gasteiger partial charge is 0.253 e. The van der Waals surface area contributed by atoms with Crippen LogP contribution >= 0.6 is 11.6 Å². The Kier molecular flexibility index (Phi) is 5.89. The van der Waals surface area contributed by atoms with Crippen LogP contribution in [0.1, 0.15) is 35.7 Å². The second-order valence-electron chi connectivity index (χ2n) is 6.90. The Morgan fingerprint density at radius 2 is 1.56 bits per heavy atom. The summed E-state index contributed by atoms with van der Waals surface area (Å²) in [7, 11) is -3.66. The zero-order valence-corrected chi connectivity index (χ0v) is 17.0. The van der Waals surface area contributed by atoms with Gasteiger partial charge in [0.25, 0.3) is 5.91 Å². The van der Waals surface area contributed by atoms with E-state index in [1.165, 1.54) is 15.9 Å². The fourth-order valence-electron chi connectivity index (χ4n) is 3.12. The average Bonchev–Trinajstić information content (AvgIpc) is 2.68. The zero-order valence-electron chi connectivity index (χ0n) is 15.4. The Morgan fingerprint density at radius 1 is 0.963 bits per heavy atom. The van der Waals surface area contributed by atoms with Gasteiger partial charge >= 0.3 is 0 Å². The van der Waals surface area contributed by atoms with Crippen molar-refractivity contribution < 1.29 is 13.2 Å². The number of sulfonamides is 1. The molecule has 0 aliphatic carbocycles. The molecule has 0 saturated carbocycles. The first-order chi connectivity index (χ1) is 12.8. The molecule has 1 heterocycles. The van der Waals surface area contributed by atoms with Gasteiger partial charge in [-0.15, -0.1) is 0 Å². The van der Waals surface area contributed by atoms with Crippen molar-refractivity contribution in [2.75, 3.05) is 26.2 Å². The van der Waals surface area contributed by atoms with Crippen LogP contribution in [0.25, 0.3) is 0 Å². The van der Waals surface area contributed by atoms with E-state index in [9.17, 15) is 13.2 Å². The van der Waals surface area contributed by atoms with Crippen LogP contribution < -0.4 is 0 Å². The number of hydrogen-bond donors (Lipinski definition) is 0. The van der Waals surface area contributed by atoms with Gasteiger partial charge in [0.1, 0.15) is 4.90 Å². The number of carbonyl (C=O) groups is 1. The molecular weight excluding hydrogens is 384 g/mol. The first kappa shape index (κ1) is 19.9. The third-order valence-corrected chi connectivity index (χ3v) is 7.20. The highest BCUT2D eigenvalue weighted by atomic mass is 35.5. The highest BCUT2D eigenvalue weighted by Crippen LogP contribution is 2.25. The minimum atomic E-state index is -3.66. The van der Waals surface area contributed by atoms with Crippen LogP contribution in [0.5, 0.6) is 0 Å². The molecule has 5 nitrogen and oxygen atoms in total. The lowest BCUT2D eigenvalue weighted by atomic mass is 10.0. The number of benzene rings is 2. The molecule has 2 aromatic carbocycles. The van der Waals surface area contributed by atoms with Gasteiger partial charge in [-0.3, -0.25) is 4.79 Å². The van der Waals surface area contributed by atoms with E-state index in [1.54, 1.807) is 23.1 Å². The minimum absolute atomic E-state index is 0.0694. The third kappa shape index (κ3) is 4.18. The number of rotatable bonds is 4. The third-order valence-electron chi connectivity index (χ3n) is 4.80. The molecule has 0 N–H and O–H groups in total. The predicted molar refractivity (Wildman–Crippen MR) is 107 cm³/mol. The van der Waals surface area contributed by atoms with Crippen LogP contribution in [-0.4, -0.2) is 49.7 Å². The minimum Gasteiger partial charge on any atom is -0.336 e. The maximum Gasteiger partial charge on any atom is 0.253 e. The average molecular weight is 407 g/mol. The van der Waals surface area contributed by atoms with Gasteiger partial charge in [0.05, 0.1) is 5.02 Å². The number of amides is 1. The first-order valence-electron chi connectivity index (χ1n) is 8.94. The fraction of sp³-hybridized carbons (Fsp3) is 0.350. The molecule has 0 bridgehead atoms. The summed E-state index contributed by atoms with van der Waals surface area (Å²) in [5.74, 6) is 0.341. The Hall–Kier alpha value is -1.89. The first-order valence-corrected chi connectivity index (χ1v) is 10.8. The normalized spacial score (nSPS) is 15.9. The Labute approximate surface area is 165 Å². The molecule has 2 aromatic rings. The summed E-state index contributed by atoms with van der Waals surface area (Å²) in [5.41, 5.74) is 1.81. The SMILES string of the molecule is CC(C)c1ccc(C(=O)N2CCN(S(=O)(=O)c3ccccc3Cl)CC2)cc1. The van der Waals surface area contributed by atoms with Crippen LogP contribution in [0.2, 0.25) is 5.02 Å². The van der Waals surface area contributed by atoms with Gasteiger partial charge in [-0.2, -0.15) is 4.31 Å². The van der Waals surface area contributed by atoms with Crippen LogP contribution in [-0.2, 0) is 10.0 Å². The maximum atomic E-state index is 12.8. The van der Waals surface area contributed by atoms with Gasteiger partial charge in [-0.05, 0) is 35.7 Å². The second kappa shape index (κ2) is 8.00. The molecule has 1 aliphatic rings. The fourth-order valence-corrected chi connectivity index (χ4v) is 5.03. The second-order valence-corrected chi connectivity index (χ2v) is 9.22. The summed E-state index contributed by atoms with van der Waals surface area (Å²) < 4.78 is 27.0. The van der Waals surface area contributed by atoms with Crippen molar-refractivity contribution in [3.8, 4) is 0 Å². The summed E-state index contributed by atoms with van der Waals surface area (Å²) in [4.78, 5) is 14.5. The monoisotopic (exact) mass is 406 g/mol. The summed E-state index contributed by atoms with van der Waals surface area (Å²) in [5, 5.41) is 0.209. The molecule has 1 amide bonds. The van der Waals surface area contributed by atoms with Crippen molar-refractivity contribution in [2.24, 2.45) is 0 Å². The lowest BCUT2D eigenvalue weighted by Gasteiger charge is -2.34. The van der Waals surface area contributed by atoms with Gasteiger partial charge in [0, 0.05) is 31.7 Å². The van der Waals surface area contributed by atoms with Crippen molar-refractivity contribution in [1.82, 2.24) is 9.21 Å². The van der Waals surface area contributed by atoms with Crippen molar-refractivity contribution in [1.29, 1.82) is 0 Å². The van der Waals surface area contributed by atoms with Crippen molar-refractivity contribution in [2.45, 2.75) is 24.7 Å². The lowest BCUT2D eigenvalue weighted by Crippen LogP contribution is -2.50. The van der Waals surface area contributed by atoms with Gasteiger partial charge < -0.3 is 4.90 Å². The molecule has 27 heavy (non-hydrogen) atoms. The van der Waals surface area contributed by atoms with E-state index in [4.69, 9.17) is 11.6 Å². The molecule has 1 fully saturated rings. The van der Waals surface area contributed by atoms with E-state index in [1.807, 2.05) is 24.3 Å². The summed E-state index contributed by atoms with van der Waals surface area (Å²) in [6.45, 7) is 5.43. The van der Waals surface area contributed by atoms with Crippen LogP contribution in [0, 0.1) is 0 Å². The molecular formula is C20H23ClN2O3S. The van der Waals surface area contributed by atoms with E-state index >= 15 is 0 Å². The number of carbonyl (C=O) groups excluding carboxylic acids is 1.